The van der Waals surface area contributed by atoms with Crippen LogP contribution in [0.2, 0.25) is 0 Å². The zero-order valence-electron chi connectivity index (χ0n) is 12.1. The van der Waals surface area contributed by atoms with Crippen molar-refractivity contribution < 1.29 is 14.1 Å². The van der Waals surface area contributed by atoms with E-state index in [0.717, 1.165) is 0 Å². The van der Waals surface area contributed by atoms with Crippen molar-refractivity contribution in [1.82, 2.24) is 4.98 Å². The van der Waals surface area contributed by atoms with Gasteiger partial charge in [-0.15, -0.1) is 17.0 Å². The van der Waals surface area contributed by atoms with Gasteiger partial charge in [-0.2, -0.15) is 0 Å². The third-order valence-electron chi connectivity index (χ3n) is 3.67. The number of fused-ring (bicyclic) bond motifs is 1. The number of nitrogens with zero attached hydrogens (tertiary/aromatic N) is 6. The molecule has 1 aromatic carbocycles. The van der Waals surface area contributed by atoms with E-state index in [9.17, 15) is 9.50 Å². The van der Waals surface area contributed by atoms with Gasteiger partial charge in [-0.05, 0) is 29.8 Å². The molecule has 0 amide bonds. The van der Waals surface area contributed by atoms with Gasteiger partial charge in [0.2, 0.25) is 5.72 Å². The van der Waals surface area contributed by atoms with Crippen LogP contribution in [-0.4, -0.2) is 23.2 Å². The second-order valence-corrected chi connectivity index (χ2v) is 4.98. The third kappa shape index (κ3) is 3.12. The Morgan fingerprint density at radius 1 is 1.43 bits per heavy atom. The van der Waals surface area contributed by atoms with Crippen LogP contribution in [0.25, 0.3) is 10.4 Å². The lowest BCUT2D eigenvalue weighted by Gasteiger charge is -2.28. The smallest absolute Gasteiger partial charge is 0.353 e. The minimum absolute atomic E-state index is 0. The molecule has 2 heterocycles. The number of aliphatic hydroxyl groups is 1. The van der Waals surface area contributed by atoms with Crippen molar-refractivity contribution in [2.45, 2.75) is 12.3 Å². The fraction of sp³-hybridized carbons (Fsp3) is 0.286. The van der Waals surface area contributed by atoms with E-state index in [1.54, 1.807) is 33.9 Å². The molecular formula is C14H15BrFN6O+. The first-order chi connectivity index (χ1) is 10.6. The molecule has 7 nitrogen and oxygen atoms in total. The van der Waals surface area contributed by atoms with E-state index >= 15 is 0 Å². The maximum absolute atomic E-state index is 13.1. The van der Waals surface area contributed by atoms with Crippen molar-refractivity contribution in [3.8, 4) is 0 Å². The van der Waals surface area contributed by atoms with E-state index < -0.39 is 5.72 Å². The normalized spacial score (nSPS) is 18.8. The summed E-state index contributed by atoms with van der Waals surface area (Å²) >= 11 is 0. The molecule has 0 radical (unpaired) electrons. The van der Waals surface area contributed by atoms with E-state index in [4.69, 9.17) is 5.53 Å². The van der Waals surface area contributed by atoms with Crippen LogP contribution >= 0.6 is 17.0 Å². The zero-order chi connectivity index (χ0) is 15.6. The quantitative estimate of drug-likeness (QED) is 0.380. The second-order valence-electron chi connectivity index (χ2n) is 4.98. The minimum Gasteiger partial charge on any atom is -0.353 e. The summed E-state index contributed by atoms with van der Waals surface area (Å²) in [6, 6.07) is 7.47. The molecule has 1 atom stereocenters. The Bertz CT molecular complexity index is 736. The van der Waals surface area contributed by atoms with Crippen LogP contribution in [0.15, 0.2) is 47.8 Å². The van der Waals surface area contributed by atoms with Crippen LogP contribution in [0.4, 0.5) is 10.3 Å². The van der Waals surface area contributed by atoms with Gasteiger partial charge in [0.05, 0.1) is 19.3 Å². The molecule has 9 heteroatoms. The van der Waals surface area contributed by atoms with Crippen LogP contribution in [0, 0.1) is 5.82 Å². The standard InChI is InChI=1S/C14H14FN6O.BrH/c15-12-4-2-11(3-5-12)14(22)10-20-8-1-6-17-13(20)21(14)9-7-18-19-16;/h1-6,8,22H,7,9-10H2;1H/q+1;. The van der Waals surface area contributed by atoms with Gasteiger partial charge in [0.1, 0.15) is 18.6 Å². The van der Waals surface area contributed by atoms with Gasteiger partial charge in [-0.25, -0.2) is 13.9 Å². The molecule has 1 unspecified atom stereocenters. The van der Waals surface area contributed by atoms with E-state index in [2.05, 4.69) is 15.0 Å². The van der Waals surface area contributed by atoms with E-state index in [-0.39, 0.29) is 35.9 Å². The molecule has 0 fully saturated rings. The zero-order valence-corrected chi connectivity index (χ0v) is 13.8. The molecule has 0 spiro atoms. The fourth-order valence-corrected chi connectivity index (χ4v) is 2.67. The summed E-state index contributed by atoms with van der Waals surface area (Å²) in [5.41, 5.74) is 7.62. The van der Waals surface area contributed by atoms with E-state index in [0.29, 0.717) is 18.1 Å². The van der Waals surface area contributed by atoms with Crippen LogP contribution < -0.4 is 9.47 Å². The predicted octanol–water partition coefficient (Wildman–Crippen LogP) is 2.06. The van der Waals surface area contributed by atoms with E-state index in [1.165, 1.54) is 12.1 Å². The topological polar surface area (TPSA) is 89.0 Å². The molecule has 120 valence electrons. The first-order valence-electron chi connectivity index (χ1n) is 6.76. The highest BCUT2D eigenvalue weighted by molar-refractivity contribution is 8.93. The Hall–Kier alpha value is -2.22. The first-order valence-corrected chi connectivity index (χ1v) is 6.76. The van der Waals surface area contributed by atoms with Gasteiger partial charge < -0.3 is 5.11 Å². The maximum Gasteiger partial charge on any atom is 0.396 e. The molecule has 1 aromatic heterocycles. The van der Waals surface area contributed by atoms with Crippen LogP contribution in [0.5, 0.6) is 0 Å². The fourth-order valence-electron chi connectivity index (χ4n) is 2.67. The molecule has 0 saturated heterocycles. The van der Waals surface area contributed by atoms with Crippen molar-refractivity contribution in [3.05, 3.63) is 64.5 Å². The van der Waals surface area contributed by atoms with E-state index in [1.807, 2.05) is 6.20 Å². The molecule has 1 aliphatic heterocycles. The van der Waals surface area contributed by atoms with Gasteiger partial charge in [-0.1, -0.05) is 10.1 Å². The van der Waals surface area contributed by atoms with Gasteiger partial charge >= 0.3 is 5.95 Å². The molecule has 0 saturated carbocycles. The van der Waals surface area contributed by atoms with Crippen LogP contribution in [-0.2, 0) is 12.3 Å². The summed E-state index contributed by atoms with van der Waals surface area (Å²) in [6.07, 6.45) is 3.44. The molecule has 3 rings (SSSR count). The summed E-state index contributed by atoms with van der Waals surface area (Å²) in [5.74, 6) is 0.205. The van der Waals surface area contributed by atoms with Crippen LogP contribution in [0.3, 0.4) is 0 Å². The number of aromatic nitrogens is 2. The average Bonchev–Trinajstić information content (AvgIpc) is 2.81. The number of anilines is 1. The van der Waals surface area contributed by atoms with Gasteiger partial charge in [-0.3, -0.25) is 0 Å². The Balaban J connectivity index is 0.00000192. The Labute approximate surface area is 142 Å². The summed E-state index contributed by atoms with van der Waals surface area (Å²) < 4.78 is 14.9. The molecule has 23 heavy (non-hydrogen) atoms. The molecule has 0 bridgehead atoms. The second kappa shape index (κ2) is 6.91. The number of hydrogen-bond donors (Lipinski definition) is 1. The SMILES string of the molecule is Br.[N-]=[N+]=NCCN1c2nccc[n+]2CC1(O)c1ccc(F)cc1. The van der Waals surface area contributed by atoms with Gasteiger partial charge in [0.25, 0.3) is 0 Å². The summed E-state index contributed by atoms with van der Waals surface area (Å²) in [7, 11) is 0. The summed E-state index contributed by atoms with van der Waals surface area (Å²) in [4.78, 5) is 8.66. The number of rotatable bonds is 4. The lowest BCUT2D eigenvalue weighted by Crippen LogP contribution is -2.46. The Morgan fingerprint density at radius 2 is 2.17 bits per heavy atom. The lowest BCUT2D eigenvalue weighted by atomic mass is 10.0. The number of hydrogen-bond acceptors (Lipinski definition) is 4. The number of halogens is 2. The highest BCUT2D eigenvalue weighted by Gasteiger charge is 2.51. The average molecular weight is 382 g/mol. The lowest BCUT2D eigenvalue weighted by molar-refractivity contribution is -0.685. The highest BCUT2D eigenvalue weighted by atomic mass is 79.9. The molecular weight excluding hydrogens is 367 g/mol. The number of azide groups is 1. The predicted molar refractivity (Wildman–Crippen MR) is 86.4 cm³/mol. The van der Waals surface area contributed by atoms with Crippen LogP contribution in [0.1, 0.15) is 5.56 Å². The van der Waals surface area contributed by atoms with Crippen molar-refractivity contribution in [1.29, 1.82) is 0 Å². The Morgan fingerprint density at radius 3 is 2.87 bits per heavy atom. The maximum atomic E-state index is 13.1. The van der Waals surface area contributed by atoms with Gasteiger partial charge in [0.15, 0.2) is 0 Å². The largest absolute Gasteiger partial charge is 0.396 e. The van der Waals surface area contributed by atoms with Crippen molar-refractivity contribution in [2.24, 2.45) is 5.11 Å². The first kappa shape index (κ1) is 17.1. The monoisotopic (exact) mass is 381 g/mol. The number of benzene rings is 1. The van der Waals surface area contributed by atoms with Gasteiger partial charge in [0, 0.05) is 16.5 Å². The third-order valence-corrected chi connectivity index (χ3v) is 3.67. The minimum atomic E-state index is -1.36. The summed E-state index contributed by atoms with van der Waals surface area (Å²) in [5, 5.41) is 14.7. The molecule has 1 N–H and O–H groups in total. The molecule has 1 aliphatic rings. The molecule has 0 aliphatic carbocycles. The van der Waals surface area contributed by atoms with Crippen molar-refractivity contribution in [2.75, 3.05) is 18.0 Å². The molecule has 2 aromatic rings. The Kier molecular flexibility index (Phi) is 5.15. The summed E-state index contributed by atoms with van der Waals surface area (Å²) in [6.45, 7) is 0.754. The highest BCUT2D eigenvalue weighted by Crippen LogP contribution is 2.33. The van der Waals surface area contributed by atoms with Crippen molar-refractivity contribution >= 4 is 22.9 Å². The van der Waals surface area contributed by atoms with Crippen molar-refractivity contribution in [3.63, 3.8) is 0 Å².